The highest BCUT2D eigenvalue weighted by atomic mass is 35.5. The molecular formula is C24H17ClN4O6S. The molecule has 12 heteroatoms. The standard InChI is InChI=1S/C24H17ClN4O6S/c25-14-4-2-1-3-13(14)11-33-23(32)27-18-15(36-29-17(18)12-5-6-12)7-8-16-26-19-20(34-16)28-21(35-19)24(9-10-24)22(30)31/h1-4,12H,5-6,9-11H2,(H,27,32)(H,30,31). The van der Waals surface area contributed by atoms with Crippen LogP contribution in [0, 0.1) is 11.8 Å². The molecule has 3 heterocycles. The highest BCUT2D eigenvalue weighted by Crippen LogP contribution is 2.48. The quantitative estimate of drug-likeness (QED) is 0.331. The first-order valence-corrected chi connectivity index (χ1v) is 12.3. The average Bonchev–Trinajstić information content (AvgIpc) is 3.75. The van der Waals surface area contributed by atoms with Crippen LogP contribution in [-0.4, -0.2) is 31.5 Å². The van der Waals surface area contributed by atoms with Crippen molar-refractivity contribution in [2.45, 2.75) is 43.6 Å². The number of aromatic nitrogens is 3. The van der Waals surface area contributed by atoms with Gasteiger partial charge in [0.25, 0.3) is 17.3 Å². The summed E-state index contributed by atoms with van der Waals surface area (Å²) >= 11 is 7.29. The van der Waals surface area contributed by atoms with Crippen molar-refractivity contribution < 1.29 is 28.3 Å². The number of hydrogen-bond donors (Lipinski definition) is 2. The van der Waals surface area contributed by atoms with Gasteiger partial charge in [0.05, 0.1) is 11.4 Å². The van der Waals surface area contributed by atoms with Crippen LogP contribution in [0.3, 0.4) is 0 Å². The summed E-state index contributed by atoms with van der Waals surface area (Å²) in [6.07, 6.45) is 2.26. The summed E-state index contributed by atoms with van der Waals surface area (Å²) < 4.78 is 20.9. The Kier molecular flexibility index (Phi) is 5.43. The maximum Gasteiger partial charge on any atom is 0.412 e. The SMILES string of the molecule is O=C(Nc1c(C2CC2)nsc1C#Cc1nc2oc(C3(C(=O)O)CC3)nc2o1)OCc1ccccc1Cl. The van der Waals surface area contributed by atoms with Crippen molar-refractivity contribution in [3.8, 4) is 11.8 Å². The number of nitrogens with one attached hydrogen (secondary N) is 1. The molecule has 36 heavy (non-hydrogen) atoms. The van der Waals surface area contributed by atoms with Crippen LogP contribution in [0.15, 0.2) is 33.1 Å². The highest BCUT2D eigenvalue weighted by Gasteiger charge is 2.56. The molecule has 0 radical (unpaired) electrons. The number of hydrogen-bond acceptors (Lipinski definition) is 9. The van der Waals surface area contributed by atoms with Crippen LogP contribution in [0.1, 0.15) is 59.5 Å². The third kappa shape index (κ3) is 4.19. The molecule has 0 unspecified atom stereocenters. The zero-order valence-corrected chi connectivity index (χ0v) is 20.1. The monoisotopic (exact) mass is 524 g/mol. The minimum absolute atomic E-state index is 0.0242. The van der Waals surface area contributed by atoms with Gasteiger partial charge < -0.3 is 18.7 Å². The molecule has 2 aliphatic rings. The van der Waals surface area contributed by atoms with Crippen molar-refractivity contribution in [3.05, 3.63) is 57.2 Å². The van der Waals surface area contributed by atoms with E-state index in [4.69, 9.17) is 25.2 Å². The van der Waals surface area contributed by atoms with E-state index in [1.54, 1.807) is 18.2 Å². The summed E-state index contributed by atoms with van der Waals surface area (Å²) in [6.45, 7) is 0.0242. The lowest BCUT2D eigenvalue weighted by atomic mass is 10.1. The van der Waals surface area contributed by atoms with E-state index in [1.807, 2.05) is 6.07 Å². The molecule has 2 fully saturated rings. The molecule has 4 aromatic rings. The summed E-state index contributed by atoms with van der Waals surface area (Å²) in [5, 5.41) is 12.7. The van der Waals surface area contributed by atoms with E-state index in [2.05, 4.69) is 31.5 Å². The van der Waals surface area contributed by atoms with Crippen LogP contribution >= 0.6 is 23.1 Å². The second kappa shape index (κ2) is 8.65. The molecular weight excluding hydrogens is 508 g/mol. The Hall–Kier alpha value is -3.88. The van der Waals surface area contributed by atoms with Crippen molar-refractivity contribution in [1.29, 1.82) is 0 Å². The maximum atomic E-state index is 12.5. The molecule has 0 atom stereocenters. The number of carboxylic acid groups (broad SMARTS) is 1. The predicted molar refractivity (Wildman–Crippen MR) is 128 cm³/mol. The van der Waals surface area contributed by atoms with Gasteiger partial charge in [-0.25, -0.2) is 4.79 Å². The lowest BCUT2D eigenvalue weighted by Gasteiger charge is -2.08. The molecule has 0 spiro atoms. The Balaban J connectivity index is 1.20. The Bertz CT molecular complexity index is 1540. The lowest BCUT2D eigenvalue weighted by Crippen LogP contribution is -2.19. The van der Waals surface area contributed by atoms with E-state index in [0.29, 0.717) is 34.0 Å². The predicted octanol–water partition coefficient (Wildman–Crippen LogP) is 5.07. The van der Waals surface area contributed by atoms with Gasteiger partial charge in [0.1, 0.15) is 16.9 Å². The minimum Gasteiger partial charge on any atom is -0.480 e. The van der Waals surface area contributed by atoms with Crippen LogP contribution in [-0.2, 0) is 21.6 Å². The van der Waals surface area contributed by atoms with Crippen molar-refractivity contribution in [1.82, 2.24) is 14.3 Å². The van der Waals surface area contributed by atoms with E-state index in [0.717, 1.165) is 30.1 Å². The molecule has 1 aromatic carbocycles. The van der Waals surface area contributed by atoms with Crippen molar-refractivity contribution >= 4 is 52.3 Å². The van der Waals surface area contributed by atoms with Crippen LogP contribution in [0.25, 0.3) is 11.4 Å². The summed E-state index contributed by atoms with van der Waals surface area (Å²) in [5.41, 5.74) is 1.07. The molecule has 1 amide bonds. The fourth-order valence-electron chi connectivity index (χ4n) is 3.70. The van der Waals surface area contributed by atoms with E-state index in [9.17, 15) is 14.7 Å². The average molecular weight is 525 g/mol. The normalized spacial score (nSPS) is 15.8. The Morgan fingerprint density at radius 2 is 1.97 bits per heavy atom. The number of fused-ring (bicyclic) bond motifs is 1. The number of benzene rings is 1. The zero-order chi connectivity index (χ0) is 24.9. The third-order valence-electron chi connectivity index (χ3n) is 6.05. The summed E-state index contributed by atoms with van der Waals surface area (Å²) in [7, 11) is 0. The summed E-state index contributed by atoms with van der Waals surface area (Å²) in [5.74, 6) is 5.18. The molecule has 2 saturated carbocycles. The number of nitrogens with zero attached hydrogens (tertiary/aromatic N) is 3. The molecule has 2 N–H and O–H groups in total. The fraction of sp³-hybridized carbons (Fsp3) is 0.292. The second-order valence-electron chi connectivity index (χ2n) is 8.62. The number of aliphatic carboxylic acids is 1. The molecule has 10 nitrogen and oxygen atoms in total. The van der Waals surface area contributed by atoms with Crippen molar-refractivity contribution in [3.63, 3.8) is 0 Å². The fourth-order valence-corrected chi connectivity index (χ4v) is 4.66. The molecule has 0 aliphatic heterocycles. The summed E-state index contributed by atoms with van der Waals surface area (Å²) in [4.78, 5) is 32.8. The Labute approximate surface area is 212 Å². The highest BCUT2D eigenvalue weighted by molar-refractivity contribution is 7.07. The topological polar surface area (TPSA) is 141 Å². The number of ether oxygens (including phenoxy) is 1. The van der Waals surface area contributed by atoms with Gasteiger partial charge >= 0.3 is 12.1 Å². The lowest BCUT2D eigenvalue weighted by molar-refractivity contribution is -0.140. The third-order valence-corrected chi connectivity index (χ3v) is 7.20. The van der Waals surface area contributed by atoms with E-state index in [1.165, 1.54) is 0 Å². The first kappa shape index (κ1) is 22.6. The van der Waals surface area contributed by atoms with Gasteiger partial charge in [-0.05, 0) is 55.1 Å². The number of amides is 1. The number of oxazole rings is 2. The second-order valence-corrected chi connectivity index (χ2v) is 9.80. The van der Waals surface area contributed by atoms with Gasteiger partial charge in [-0.3, -0.25) is 10.1 Å². The minimum atomic E-state index is -1.09. The molecule has 0 bridgehead atoms. The summed E-state index contributed by atoms with van der Waals surface area (Å²) in [6, 6.07) is 7.13. The molecule has 0 saturated heterocycles. The first-order chi connectivity index (χ1) is 17.4. The number of rotatable bonds is 6. The first-order valence-electron chi connectivity index (χ1n) is 11.1. The van der Waals surface area contributed by atoms with Crippen LogP contribution < -0.4 is 5.32 Å². The van der Waals surface area contributed by atoms with Gasteiger partial charge in [0, 0.05) is 16.5 Å². The van der Waals surface area contributed by atoms with Gasteiger partial charge in [-0.2, -0.15) is 14.3 Å². The molecule has 3 aromatic heterocycles. The van der Waals surface area contributed by atoms with E-state index < -0.39 is 17.5 Å². The van der Waals surface area contributed by atoms with Crippen molar-refractivity contribution in [2.75, 3.05) is 5.32 Å². The largest absolute Gasteiger partial charge is 0.480 e. The molecule has 6 rings (SSSR count). The van der Waals surface area contributed by atoms with Crippen molar-refractivity contribution in [2.24, 2.45) is 0 Å². The maximum absolute atomic E-state index is 12.5. The van der Waals surface area contributed by atoms with Gasteiger partial charge in [0.15, 0.2) is 0 Å². The van der Waals surface area contributed by atoms with Crippen LogP contribution in [0.4, 0.5) is 10.5 Å². The number of carboxylic acids is 1. The zero-order valence-electron chi connectivity index (χ0n) is 18.5. The molecule has 2 aliphatic carbocycles. The molecule has 182 valence electrons. The Morgan fingerprint density at radius 3 is 2.67 bits per heavy atom. The van der Waals surface area contributed by atoms with Crippen LogP contribution in [0.5, 0.6) is 0 Å². The number of anilines is 1. The number of carbonyl (C=O) groups is 2. The number of halogens is 1. The van der Waals surface area contributed by atoms with Crippen LogP contribution in [0.2, 0.25) is 5.02 Å². The van der Waals surface area contributed by atoms with E-state index >= 15 is 0 Å². The Morgan fingerprint density at radius 1 is 1.19 bits per heavy atom. The number of carbonyl (C=O) groups excluding carboxylic acids is 1. The van der Waals surface area contributed by atoms with Gasteiger partial charge in [-0.1, -0.05) is 29.8 Å². The smallest absolute Gasteiger partial charge is 0.412 e. The van der Waals surface area contributed by atoms with E-state index in [-0.39, 0.29) is 35.7 Å². The van der Waals surface area contributed by atoms with Gasteiger partial charge in [0.2, 0.25) is 5.89 Å². The van der Waals surface area contributed by atoms with Gasteiger partial charge in [-0.15, -0.1) is 0 Å².